The van der Waals surface area contributed by atoms with Gasteiger partial charge in [0.25, 0.3) is 0 Å². The molecule has 0 spiro atoms. The van der Waals surface area contributed by atoms with Crippen LogP contribution in [0.2, 0.25) is 0 Å². The summed E-state index contributed by atoms with van der Waals surface area (Å²) < 4.78 is 21.3. The average molecular weight is 138 g/mol. The Hall–Kier alpha value is 0.0800. The summed E-state index contributed by atoms with van der Waals surface area (Å²) in [5.74, 6) is 0.216. The summed E-state index contributed by atoms with van der Waals surface area (Å²) >= 11 is -2.07. The van der Waals surface area contributed by atoms with Crippen molar-refractivity contribution in [3.05, 3.63) is 0 Å². The Morgan fingerprint density at radius 3 is 2.50 bits per heavy atom. The van der Waals surface area contributed by atoms with Crippen LogP contribution in [0.5, 0.6) is 0 Å². The minimum absolute atomic E-state index is 0.216. The Morgan fingerprint density at radius 1 is 1.50 bits per heavy atom. The van der Waals surface area contributed by atoms with E-state index in [1.54, 1.807) is 0 Å². The third kappa shape index (κ3) is 6.08. The first kappa shape index (κ1) is 8.08. The summed E-state index contributed by atoms with van der Waals surface area (Å²) in [6.07, 6.45) is 2.78. The first-order valence-corrected chi connectivity index (χ1v) is 4.04. The Bertz CT molecular complexity index is 74.8. The highest BCUT2D eigenvalue weighted by Gasteiger charge is 1.92. The van der Waals surface area contributed by atoms with Crippen LogP contribution in [0.25, 0.3) is 0 Å². The molecule has 50 valence electrons. The SMILES string of the molecule is CCCCCS(=O)F. The highest BCUT2D eigenvalue weighted by Crippen LogP contribution is 1.95. The molecule has 0 rings (SSSR count). The summed E-state index contributed by atoms with van der Waals surface area (Å²) in [6, 6.07) is 0. The molecule has 0 aliphatic rings. The van der Waals surface area contributed by atoms with Gasteiger partial charge in [0.15, 0.2) is 11.2 Å². The summed E-state index contributed by atoms with van der Waals surface area (Å²) in [5.41, 5.74) is 0. The van der Waals surface area contributed by atoms with E-state index >= 15 is 0 Å². The lowest BCUT2D eigenvalue weighted by molar-refractivity contribution is 0.641. The first-order valence-electron chi connectivity index (χ1n) is 2.82. The van der Waals surface area contributed by atoms with Gasteiger partial charge in [-0.1, -0.05) is 19.8 Å². The van der Waals surface area contributed by atoms with Gasteiger partial charge in [-0.2, -0.15) is 0 Å². The molecule has 0 saturated heterocycles. The lowest BCUT2D eigenvalue weighted by Gasteiger charge is -1.88. The molecule has 1 nitrogen and oxygen atoms in total. The molecule has 8 heavy (non-hydrogen) atoms. The molecule has 0 aliphatic carbocycles. The molecule has 0 amide bonds. The molecule has 1 atom stereocenters. The van der Waals surface area contributed by atoms with E-state index in [1.807, 2.05) is 6.92 Å². The van der Waals surface area contributed by atoms with Crippen LogP contribution in [-0.2, 0) is 11.2 Å². The van der Waals surface area contributed by atoms with Gasteiger partial charge in [-0.05, 0) is 6.42 Å². The highest BCUT2D eigenvalue weighted by molar-refractivity contribution is 7.79. The van der Waals surface area contributed by atoms with Gasteiger partial charge in [0.2, 0.25) is 0 Å². The molecule has 0 N–H and O–H groups in total. The van der Waals surface area contributed by atoms with Crippen LogP contribution in [-0.4, -0.2) is 9.96 Å². The van der Waals surface area contributed by atoms with Gasteiger partial charge in [0.1, 0.15) is 0 Å². The minimum atomic E-state index is -2.07. The monoisotopic (exact) mass is 138 g/mol. The Kier molecular flexibility index (Phi) is 5.27. The van der Waals surface area contributed by atoms with E-state index in [0.29, 0.717) is 0 Å². The van der Waals surface area contributed by atoms with Crippen LogP contribution in [0.15, 0.2) is 0 Å². The molecule has 0 radical (unpaired) electrons. The Morgan fingerprint density at radius 2 is 2.12 bits per heavy atom. The van der Waals surface area contributed by atoms with Crippen molar-refractivity contribution < 1.29 is 8.09 Å². The van der Waals surface area contributed by atoms with Crippen molar-refractivity contribution in [1.82, 2.24) is 0 Å². The summed E-state index contributed by atoms with van der Waals surface area (Å²) in [7, 11) is 0. The second kappa shape index (κ2) is 5.22. The maximum Gasteiger partial charge on any atom is 0.198 e. The third-order valence-electron chi connectivity index (χ3n) is 0.908. The van der Waals surface area contributed by atoms with Crippen molar-refractivity contribution >= 4 is 11.2 Å². The average Bonchev–Trinajstić information content (AvgIpc) is 1.66. The molecular formula is C5H11FOS. The molecule has 0 heterocycles. The van der Waals surface area contributed by atoms with Gasteiger partial charge >= 0.3 is 0 Å². The molecule has 3 heteroatoms. The zero-order valence-electron chi connectivity index (χ0n) is 5.02. The zero-order valence-corrected chi connectivity index (χ0v) is 5.84. The Labute approximate surface area is 52.0 Å². The van der Waals surface area contributed by atoms with E-state index in [9.17, 15) is 8.09 Å². The standard InChI is InChI=1S/C5H11FOS/c1-2-3-4-5-8(6)7/h2-5H2,1H3. The topological polar surface area (TPSA) is 17.1 Å². The maximum absolute atomic E-state index is 11.5. The molecule has 1 unspecified atom stereocenters. The van der Waals surface area contributed by atoms with E-state index < -0.39 is 11.2 Å². The summed E-state index contributed by atoms with van der Waals surface area (Å²) in [6.45, 7) is 2.03. The third-order valence-corrected chi connectivity index (χ3v) is 1.52. The van der Waals surface area contributed by atoms with Crippen molar-refractivity contribution in [2.24, 2.45) is 0 Å². The predicted octanol–water partition coefficient (Wildman–Crippen LogP) is 1.81. The second-order valence-electron chi connectivity index (χ2n) is 1.70. The molecular weight excluding hydrogens is 127 g/mol. The van der Waals surface area contributed by atoms with Crippen LogP contribution in [0, 0.1) is 0 Å². The second-order valence-corrected chi connectivity index (χ2v) is 2.69. The van der Waals surface area contributed by atoms with Crippen LogP contribution in [0.4, 0.5) is 3.89 Å². The number of hydrogen-bond donors (Lipinski definition) is 0. The number of rotatable bonds is 4. The number of halogens is 1. The predicted molar refractivity (Wildman–Crippen MR) is 33.6 cm³/mol. The fourth-order valence-electron chi connectivity index (χ4n) is 0.466. The largest absolute Gasteiger partial charge is 0.225 e. The molecule has 0 aromatic rings. The molecule has 0 aromatic heterocycles. The molecule has 0 aromatic carbocycles. The van der Waals surface area contributed by atoms with E-state index in [2.05, 4.69) is 0 Å². The smallest absolute Gasteiger partial charge is 0.198 e. The molecule has 0 fully saturated rings. The van der Waals surface area contributed by atoms with E-state index in [1.165, 1.54) is 0 Å². The number of hydrogen-bond acceptors (Lipinski definition) is 1. The lowest BCUT2D eigenvalue weighted by atomic mass is 10.3. The van der Waals surface area contributed by atoms with Gasteiger partial charge in [0, 0.05) is 0 Å². The number of unbranched alkanes of at least 4 members (excludes halogenated alkanes) is 2. The molecule has 0 bridgehead atoms. The van der Waals surface area contributed by atoms with Gasteiger partial charge in [-0.25, -0.2) is 4.21 Å². The summed E-state index contributed by atoms with van der Waals surface area (Å²) in [5, 5.41) is 0. The Balaban J connectivity index is 2.82. The van der Waals surface area contributed by atoms with E-state index in [-0.39, 0.29) is 5.75 Å². The zero-order chi connectivity index (χ0) is 6.41. The fourth-order valence-corrected chi connectivity index (χ4v) is 0.897. The maximum atomic E-state index is 11.5. The van der Waals surface area contributed by atoms with Gasteiger partial charge in [0.05, 0.1) is 5.75 Å². The van der Waals surface area contributed by atoms with Crippen LogP contribution in [0.3, 0.4) is 0 Å². The van der Waals surface area contributed by atoms with Crippen molar-refractivity contribution in [3.8, 4) is 0 Å². The van der Waals surface area contributed by atoms with Gasteiger partial charge < -0.3 is 0 Å². The minimum Gasteiger partial charge on any atom is -0.225 e. The van der Waals surface area contributed by atoms with E-state index in [0.717, 1.165) is 19.3 Å². The lowest BCUT2D eigenvalue weighted by Crippen LogP contribution is -1.88. The normalized spacial score (nSPS) is 13.8. The van der Waals surface area contributed by atoms with Crippen molar-refractivity contribution in [1.29, 1.82) is 0 Å². The van der Waals surface area contributed by atoms with Crippen molar-refractivity contribution in [2.45, 2.75) is 26.2 Å². The van der Waals surface area contributed by atoms with Gasteiger partial charge in [-0.15, -0.1) is 3.89 Å². The molecule has 0 saturated carbocycles. The van der Waals surface area contributed by atoms with Crippen molar-refractivity contribution in [2.75, 3.05) is 5.75 Å². The fraction of sp³-hybridized carbons (Fsp3) is 1.00. The quantitative estimate of drug-likeness (QED) is 0.427. The first-order chi connectivity index (χ1) is 3.77. The molecule has 0 aliphatic heterocycles. The highest BCUT2D eigenvalue weighted by atomic mass is 32.2. The van der Waals surface area contributed by atoms with Gasteiger partial charge in [-0.3, -0.25) is 0 Å². The summed E-state index contributed by atoms with van der Waals surface area (Å²) in [4.78, 5) is 0. The van der Waals surface area contributed by atoms with Crippen molar-refractivity contribution in [3.63, 3.8) is 0 Å². The van der Waals surface area contributed by atoms with Crippen LogP contribution < -0.4 is 0 Å². The van der Waals surface area contributed by atoms with Crippen LogP contribution in [0.1, 0.15) is 26.2 Å². The van der Waals surface area contributed by atoms with Crippen LogP contribution >= 0.6 is 0 Å². The van der Waals surface area contributed by atoms with E-state index in [4.69, 9.17) is 0 Å².